The third-order valence-electron chi connectivity index (χ3n) is 2.05. The topological polar surface area (TPSA) is 56.1 Å². The van der Waals surface area contributed by atoms with Crippen LogP contribution < -0.4 is 0 Å². The van der Waals surface area contributed by atoms with Gasteiger partial charge in [0.05, 0.1) is 5.69 Å². The Morgan fingerprint density at radius 2 is 2.00 bits per heavy atom. The minimum atomic E-state index is -3.39. The zero-order valence-electron chi connectivity index (χ0n) is 8.35. The van der Waals surface area contributed by atoms with Gasteiger partial charge in [-0.15, -0.1) is 0 Å². The summed E-state index contributed by atoms with van der Waals surface area (Å²) in [4.78, 5) is 23.3. The lowest BCUT2D eigenvalue weighted by molar-refractivity contribution is 0.419. The van der Waals surface area contributed by atoms with E-state index in [1.165, 1.54) is 16.4 Å². The van der Waals surface area contributed by atoms with Crippen molar-refractivity contribution in [3.05, 3.63) is 30.3 Å². The minimum Gasteiger partial charge on any atom is -0.329 e. The fourth-order valence-electron chi connectivity index (χ4n) is 1.34. The molecule has 1 aromatic rings. The van der Waals surface area contributed by atoms with Crippen LogP contribution in [0.5, 0.6) is 0 Å². The second kappa shape index (κ2) is 4.85. The maximum absolute atomic E-state index is 9.48. The van der Waals surface area contributed by atoms with Gasteiger partial charge in [-0.25, -0.2) is 4.99 Å². The van der Waals surface area contributed by atoms with Crippen LogP contribution in [-0.2, 0) is 11.8 Å². The molecule has 0 amide bonds. The second-order valence-corrected chi connectivity index (χ2v) is 7.26. The molecule has 1 saturated heterocycles. The summed E-state index contributed by atoms with van der Waals surface area (Å²) in [6.07, 6.45) is 0. The van der Waals surface area contributed by atoms with Gasteiger partial charge >= 0.3 is 0 Å². The molecule has 2 rings (SSSR count). The zero-order valence-corrected chi connectivity index (χ0v) is 10.9. The fourth-order valence-corrected chi connectivity index (χ4v) is 4.12. The Kier molecular flexibility index (Phi) is 3.66. The van der Waals surface area contributed by atoms with Crippen LogP contribution in [0.15, 0.2) is 35.3 Å². The molecule has 2 N–H and O–H groups in total. The standard InChI is InChI=1S/C9H11N2O2PS2/c12-14(13,15)11-6-7-16-9(11)10-8-4-2-1-3-5-8/h1-5H,6-7H2,(H2,12,13,15). The highest BCUT2D eigenvalue weighted by Gasteiger charge is 2.29. The van der Waals surface area contributed by atoms with Crippen LogP contribution in [0, 0.1) is 0 Å². The predicted molar refractivity (Wildman–Crippen MR) is 71.4 cm³/mol. The van der Waals surface area contributed by atoms with E-state index in [2.05, 4.69) is 4.99 Å². The molecule has 4 nitrogen and oxygen atoms in total. The number of nitrogens with zero attached hydrogens (tertiary/aromatic N) is 2. The number of hydrogen-bond acceptors (Lipinski definition) is 3. The molecule has 1 aromatic carbocycles. The summed E-state index contributed by atoms with van der Waals surface area (Å²) < 4.78 is 1.42. The van der Waals surface area contributed by atoms with Crippen molar-refractivity contribution in [3.63, 3.8) is 0 Å². The molecule has 0 spiro atoms. The van der Waals surface area contributed by atoms with Crippen molar-refractivity contribution in [1.82, 2.24) is 4.67 Å². The molecule has 1 heterocycles. The number of amidine groups is 1. The highest BCUT2D eigenvalue weighted by molar-refractivity contribution is 8.16. The van der Waals surface area contributed by atoms with Crippen LogP contribution >= 0.6 is 18.4 Å². The highest BCUT2D eigenvalue weighted by Crippen LogP contribution is 2.45. The predicted octanol–water partition coefficient (Wildman–Crippen LogP) is 1.93. The van der Waals surface area contributed by atoms with Crippen molar-refractivity contribution in [2.75, 3.05) is 12.3 Å². The van der Waals surface area contributed by atoms with Crippen molar-refractivity contribution in [3.8, 4) is 0 Å². The van der Waals surface area contributed by atoms with Crippen molar-refractivity contribution in [2.45, 2.75) is 0 Å². The van der Waals surface area contributed by atoms with Crippen LogP contribution in [0.2, 0.25) is 0 Å². The van der Waals surface area contributed by atoms with Gasteiger partial charge in [0.15, 0.2) is 5.17 Å². The molecule has 1 aliphatic rings. The molecule has 0 saturated carbocycles. The van der Waals surface area contributed by atoms with Crippen LogP contribution in [0.25, 0.3) is 0 Å². The fraction of sp³-hybridized carbons (Fsp3) is 0.222. The first-order valence-corrected chi connectivity index (χ1v) is 8.32. The smallest absolute Gasteiger partial charge is 0.286 e. The summed E-state index contributed by atoms with van der Waals surface area (Å²) in [5.74, 6) is 0.783. The third kappa shape index (κ3) is 2.84. The number of rotatable bonds is 2. The van der Waals surface area contributed by atoms with Gasteiger partial charge in [-0.3, -0.25) is 4.67 Å². The third-order valence-corrected chi connectivity index (χ3v) is 4.75. The quantitative estimate of drug-likeness (QED) is 0.807. The van der Waals surface area contributed by atoms with Gasteiger partial charge in [-0.05, 0) is 23.9 Å². The van der Waals surface area contributed by atoms with Crippen LogP contribution in [0.4, 0.5) is 5.69 Å². The van der Waals surface area contributed by atoms with E-state index in [9.17, 15) is 9.79 Å². The SMILES string of the molecule is OP(O)(=S)N1CCSC1=Nc1ccccc1. The summed E-state index contributed by atoms with van der Waals surface area (Å²) >= 11 is 6.18. The van der Waals surface area contributed by atoms with Crippen molar-refractivity contribution < 1.29 is 9.79 Å². The van der Waals surface area contributed by atoms with Crippen molar-refractivity contribution >= 4 is 41.1 Å². The Morgan fingerprint density at radius 1 is 1.31 bits per heavy atom. The molecule has 0 radical (unpaired) electrons. The molecule has 0 aliphatic carbocycles. The molecule has 0 aromatic heterocycles. The van der Waals surface area contributed by atoms with E-state index in [1.54, 1.807) is 0 Å². The van der Waals surface area contributed by atoms with Crippen molar-refractivity contribution in [2.24, 2.45) is 4.99 Å². The molecule has 7 heteroatoms. The number of hydrogen-bond donors (Lipinski definition) is 2. The molecule has 1 aliphatic heterocycles. The Labute approximate surface area is 103 Å². The summed E-state index contributed by atoms with van der Waals surface area (Å²) in [5.41, 5.74) is 0.792. The number of benzene rings is 1. The van der Waals surface area contributed by atoms with Gasteiger partial charge in [0, 0.05) is 12.3 Å². The van der Waals surface area contributed by atoms with Gasteiger partial charge in [0.1, 0.15) is 0 Å². The first kappa shape index (κ1) is 12.1. The Balaban J connectivity index is 2.27. The van der Waals surface area contributed by atoms with E-state index in [0.29, 0.717) is 11.7 Å². The maximum Gasteiger partial charge on any atom is 0.286 e. The van der Waals surface area contributed by atoms with E-state index in [1.807, 2.05) is 30.3 Å². The van der Waals surface area contributed by atoms with Gasteiger partial charge in [-0.1, -0.05) is 30.0 Å². The average molecular weight is 274 g/mol. The zero-order chi connectivity index (χ0) is 11.6. The average Bonchev–Trinajstić information content (AvgIpc) is 2.67. The summed E-state index contributed by atoms with van der Waals surface area (Å²) in [7, 11) is 0. The van der Waals surface area contributed by atoms with E-state index < -0.39 is 6.64 Å². The summed E-state index contributed by atoms with van der Waals surface area (Å²) in [6.45, 7) is -2.85. The first-order valence-electron chi connectivity index (χ1n) is 4.67. The molecular formula is C9H11N2O2PS2. The first-order chi connectivity index (χ1) is 7.57. The molecule has 1 fully saturated rings. The molecule has 16 heavy (non-hydrogen) atoms. The number of thioether (sulfide) groups is 1. The highest BCUT2D eigenvalue weighted by atomic mass is 32.5. The lowest BCUT2D eigenvalue weighted by atomic mass is 10.3. The Hall–Kier alpha value is -0.390. The van der Waals surface area contributed by atoms with Gasteiger partial charge in [-0.2, -0.15) is 0 Å². The largest absolute Gasteiger partial charge is 0.329 e. The maximum atomic E-state index is 9.48. The Bertz CT molecular complexity index is 446. The van der Waals surface area contributed by atoms with E-state index in [-0.39, 0.29) is 0 Å². The van der Waals surface area contributed by atoms with Crippen LogP contribution in [-0.4, -0.2) is 31.9 Å². The second-order valence-electron chi connectivity index (χ2n) is 3.21. The van der Waals surface area contributed by atoms with E-state index in [0.717, 1.165) is 11.4 Å². The van der Waals surface area contributed by atoms with Crippen molar-refractivity contribution in [1.29, 1.82) is 0 Å². The summed E-state index contributed by atoms with van der Waals surface area (Å²) in [5, 5.41) is 0.597. The van der Waals surface area contributed by atoms with Crippen LogP contribution in [0.3, 0.4) is 0 Å². The van der Waals surface area contributed by atoms with Gasteiger partial charge in [0.2, 0.25) is 0 Å². The lowest BCUT2D eigenvalue weighted by Crippen LogP contribution is -2.20. The Morgan fingerprint density at radius 3 is 2.62 bits per heavy atom. The summed E-state index contributed by atoms with van der Waals surface area (Å²) in [6, 6.07) is 9.41. The minimum absolute atomic E-state index is 0.542. The van der Waals surface area contributed by atoms with E-state index >= 15 is 0 Å². The van der Waals surface area contributed by atoms with Crippen LogP contribution in [0.1, 0.15) is 0 Å². The number of aliphatic imine (C=N–C) groups is 1. The molecule has 0 unspecified atom stereocenters. The molecule has 86 valence electrons. The normalized spacial score (nSPS) is 19.4. The monoisotopic (exact) mass is 274 g/mol. The molecular weight excluding hydrogens is 263 g/mol. The number of para-hydroxylation sites is 1. The molecule has 0 bridgehead atoms. The molecule has 0 atom stereocenters. The van der Waals surface area contributed by atoms with Gasteiger partial charge in [0.25, 0.3) is 6.64 Å². The van der Waals surface area contributed by atoms with E-state index in [4.69, 9.17) is 11.8 Å². The lowest BCUT2D eigenvalue weighted by Gasteiger charge is -2.21. The van der Waals surface area contributed by atoms with Gasteiger partial charge < -0.3 is 9.79 Å².